The second-order valence-corrected chi connectivity index (χ2v) is 3.25. The first-order valence-corrected chi connectivity index (χ1v) is 5.40. The number of rotatable bonds is 11. The lowest BCUT2D eigenvalue weighted by molar-refractivity contribution is -0.628. The molecule has 0 aromatic heterocycles. The van der Waals surface area contributed by atoms with Crippen LogP contribution in [0.25, 0.3) is 0 Å². The van der Waals surface area contributed by atoms with Crippen LogP contribution in [-0.4, -0.2) is 13.7 Å². The lowest BCUT2D eigenvalue weighted by atomic mass is 10.1. The quantitative estimate of drug-likeness (QED) is 0.295. The van der Waals surface area contributed by atoms with E-state index in [1.165, 1.54) is 45.6 Å². The Morgan fingerprint density at radius 2 is 1.43 bits per heavy atom. The third kappa shape index (κ3) is 11.8. The van der Waals surface area contributed by atoms with Crippen LogP contribution in [0.4, 0.5) is 0 Å². The molecule has 0 fully saturated rings. The molecule has 0 bridgehead atoms. The van der Waals surface area contributed by atoms with E-state index in [0.717, 1.165) is 6.42 Å². The summed E-state index contributed by atoms with van der Waals surface area (Å²) in [5.74, 6) is 0. The molecule has 0 saturated heterocycles. The number of unbranched alkanes of at least 4 members (excludes halogenated alkanes) is 6. The zero-order chi connectivity index (χ0) is 10.5. The maximum absolute atomic E-state index is 4.65. The molecule has 0 aliphatic heterocycles. The topological polar surface area (TPSA) is 36.9 Å². The van der Waals surface area contributed by atoms with E-state index in [1.807, 2.05) is 0 Å². The van der Waals surface area contributed by atoms with Crippen LogP contribution in [0.5, 0.6) is 0 Å². The Bertz CT molecular complexity index is 86.1. The summed E-state index contributed by atoms with van der Waals surface area (Å²) in [6, 6.07) is 0. The molecule has 0 aromatic rings. The molecule has 0 radical (unpaired) electrons. The van der Waals surface area contributed by atoms with E-state index in [0.29, 0.717) is 6.61 Å². The monoisotopic (exact) mass is 206 g/mol. The van der Waals surface area contributed by atoms with Crippen molar-refractivity contribution >= 4 is 0 Å². The summed E-state index contributed by atoms with van der Waals surface area (Å²) < 4.78 is 0. The molecule has 14 heavy (non-hydrogen) atoms. The molecule has 0 spiro atoms. The summed E-state index contributed by atoms with van der Waals surface area (Å²) in [6.07, 6.45) is 8.77. The highest BCUT2D eigenvalue weighted by atomic mass is 17.7. The Kier molecular flexibility index (Phi) is 12.7. The molecule has 0 heterocycles. The lowest BCUT2D eigenvalue weighted by Gasteiger charge is -2.01. The fourth-order valence-electron chi connectivity index (χ4n) is 1.20. The molecule has 4 heteroatoms. The van der Waals surface area contributed by atoms with Gasteiger partial charge in [0, 0.05) is 0 Å². The fraction of sp³-hybridized carbons (Fsp3) is 1.00. The SMILES string of the molecule is CCCCCCCCCOOOOC. The highest BCUT2D eigenvalue weighted by molar-refractivity contribution is 4.43. The minimum Gasteiger partial charge on any atom is -0.207 e. The van der Waals surface area contributed by atoms with Crippen molar-refractivity contribution in [2.24, 2.45) is 0 Å². The average Bonchev–Trinajstić information content (AvgIpc) is 2.21. The summed E-state index contributed by atoms with van der Waals surface area (Å²) in [6.45, 7) is 2.78. The van der Waals surface area contributed by atoms with Crippen molar-refractivity contribution < 1.29 is 19.9 Å². The van der Waals surface area contributed by atoms with Crippen molar-refractivity contribution in [3.05, 3.63) is 0 Å². The van der Waals surface area contributed by atoms with E-state index < -0.39 is 0 Å². The molecular formula is C10H22O4. The van der Waals surface area contributed by atoms with Gasteiger partial charge in [0.1, 0.15) is 0 Å². The zero-order valence-corrected chi connectivity index (χ0v) is 9.29. The molecule has 0 aliphatic carbocycles. The van der Waals surface area contributed by atoms with Crippen LogP contribution in [0.3, 0.4) is 0 Å². The Morgan fingerprint density at radius 3 is 2.07 bits per heavy atom. The Morgan fingerprint density at radius 1 is 0.786 bits per heavy atom. The van der Waals surface area contributed by atoms with Crippen LogP contribution in [0.15, 0.2) is 0 Å². The molecule has 0 amide bonds. The van der Waals surface area contributed by atoms with Gasteiger partial charge in [0.25, 0.3) is 0 Å². The van der Waals surface area contributed by atoms with Crippen molar-refractivity contribution in [3.63, 3.8) is 0 Å². The van der Waals surface area contributed by atoms with Gasteiger partial charge in [0.15, 0.2) is 0 Å². The van der Waals surface area contributed by atoms with E-state index in [4.69, 9.17) is 0 Å². The predicted molar refractivity (Wildman–Crippen MR) is 53.1 cm³/mol. The van der Waals surface area contributed by atoms with Gasteiger partial charge in [-0.2, -0.15) is 0 Å². The molecule has 0 aromatic carbocycles. The van der Waals surface area contributed by atoms with Gasteiger partial charge in [-0.05, 0) is 16.5 Å². The summed E-state index contributed by atoms with van der Waals surface area (Å²) in [4.78, 5) is 8.82. The van der Waals surface area contributed by atoms with Crippen LogP contribution in [-0.2, 0) is 19.9 Å². The zero-order valence-electron chi connectivity index (χ0n) is 9.29. The van der Waals surface area contributed by atoms with Crippen molar-refractivity contribution in [2.45, 2.75) is 51.9 Å². The van der Waals surface area contributed by atoms with Crippen molar-refractivity contribution in [2.75, 3.05) is 13.7 Å². The minimum absolute atomic E-state index is 0.553. The van der Waals surface area contributed by atoms with Crippen molar-refractivity contribution in [1.29, 1.82) is 0 Å². The van der Waals surface area contributed by atoms with Gasteiger partial charge >= 0.3 is 0 Å². The molecule has 0 N–H and O–H groups in total. The smallest absolute Gasteiger partial charge is 0.0854 e. The second kappa shape index (κ2) is 12.8. The van der Waals surface area contributed by atoms with E-state index in [1.54, 1.807) is 0 Å². The summed E-state index contributed by atoms with van der Waals surface area (Å²) in [5.41, 5.74) is 0. The van der Waals surface area contributed by atoms with E-state index in [2.05, 4.69) is 26.8 Å². The number of hydrogen-bond donors (Lipinski definition) is 0. The fourth-order valence-corrected chi connectivity index (χ4v) is 1.20. The van der Waals surface area contributed by atoms with Gasteiger partial charge in [0.05, 0.1) is 13.7 Å². The first-order chi connectivity index (χ1) is 6.91. The van der Waals surface area contributed by atoms with E-state index >= 15 is 0 Å². The third-order valence-electron chi connectivity index (χ3n) is 1.98. The second-order valence-electron chi connectivity index (χ2n) is 3.25. The van der Waals surface area contributed by atoms with Gasteiger partial charge in [-0.25, -0.2) is 9.78 Å². The largest absolute Gasteiger partial charge is 0.207 e. The number of hydrogen-bond acceptors (Lipinski definition) is 4. The molecule has 0 rings (SSSR count). The Hall–Kier alpha value is -0.160. The van der Waals surface area contributed by atoms with Gasteiger partial charge in [-0.1, -0.05) is 45.4 Å². The summed E-state index contributed by atoms with van der Waals surface area (Å²) >= 11 is 0. The standard InChI is InChI=1S/C10H22O4/c1-3-4-5-6-7-8-9-10-12-14-13-11-2/h3-10H2,1-2H3. The molecule has 0 aliphatic rings. The van der Waals surface area contributed by atoms with Crippen LogP contribution < -0.4 is 0 Å². The van der Waals surface area contributed by atoms with Crippen molar-refractivity contribution in [1.82, 2.24) is 0 Å². The summed E-state index contributed by atoms with van der Waals surface area (Å²) in [7, 11) is 1.36. The molecule has 0 saturated carbocycles. The summed E-state index contributed by atoms with van der Waals surface area (Å²) in [5, 5.41) is 8.28. The van der Waals surface area contributed by atoms with Gasteiger partial charge in [-0.3, -0.25) is 0 Å². The highest BCUT2D eigenvalue weighted by Crippen LogP contribution is 2.06. The third-order valence-corrected chi connectivity index (χ3v) is 1.98. The highest BCUT2D eigenvalue weighted by Gasteiger charge is 1.92. The first kappa shape index (κ1) is 13.8. The maximum Gasteiger partial charge on any atom is 0.0854 e. The van der Waals surface area contributed by atoms with Gasteiger partial charge in [-0.15, -0.1) is 0 Å². The van der Waals surface area contributed by atoms with E-state index in [-0.39, 0.29) is 0 Å². The molecular weight excluding hydrogens is 184 g/mol. The Labute approximate surface area is 86.3 Å². The van der Waals surface area contributed by atoms with Crippen LogP contribution in [0.2, 0.25) is 0 Å². The maximum atomic E-state index is 4.65. The molecule has 0 atom stereocenters. The van der Waals surface area contributed by atoms with Crippen LogP contribution >= 0.6 is 0 Å². The van der Waals surface area contributed by atoms with Gasteiger partial charge in [0.2, 0.25) is 0 Å². The normalized spacial score (nSPS) is 10.7. The molecule has 86 valence electrons. The minimum atomic E-state index is 0.553. The van der Waals surface area contributed by atoms with Gasteiger partial charge < -0.3 is 0 Å². The average molecular weight is 206 g/mol. The predicted octanol–water partition coefficient (Wildman–Crippen LogP) is 3.18. The first-order valence-electron chi connectivity index (χ1n) is 5.40. The lowest BCUT2D eigenvalue weighted by Crippen LogP contribution is -1.97. The van der Waals surface area contributed by atoms with Crippen molar-refractivity contribution in [3.8, 4) is 0 Å². The molecule has 4 nitrogen and oxygen atoms in total. The van der Waals surface area contributed by atoms with Crippen LogP contribution in [0.1, 0.15) is 51.9 Å². The van der Waals surface area contributed by atoms with Crippen LogP contribution in [0, 0.1) is 0 Å². The van der Waals surface area contributed by atoms with E-state index in [9.17, 15) is 0 Å². The Balaban J connectivity index is 2.78. The molecule has 0 unspecified atom stereocenters.